The Morgan fingerprint density at radius 2 is 1.81 bits per heavy atom. The molecule has 27 heavy (non-hydrogen) atoms. The molecular weight excluding hydrogens is 360 g/mol. The van der Waals surface area contributed by atoms with Crippen LogP contribution in [0.25, 0.3) is 38.3 Å². The number of fused-ring (bicyclic) bond motifs is 1. The molecule has 7 nitrogen and oxygen atoms in total. The molecule has 0 amide bonds. The van der Waals surface area contributed by atoms with Gasteiger partial charge in [-0.1, -0.05) is 53.8 Å². The maximum Gasteiger partial charge on any atom is 0.235 e. The largest absolute Gasteiger partial charge is 0.496 e. The second-order valence-electron chi connectivity index (χ2n) is 5.86. The standard InChI is InChI=1S/C19H14N6OS/c1-26-16-10-6-5-9-13(16)17-22-23-19-25(17)24-18(27-19)15-11-14(20-21-15)12-7-3-2-4-8-12/h2-11H,1H3,(H,20,21). The Morgan fingerprint density at radius 3 is 2.67 bits per heavy atom. The van der Waals surface area contributed by atoms with E-state index in [1.165, 1.54) is 11.3 Å². The maximum absolute atomic E-state index is 5.44. The molecule has 0 fully saturated rings. The summed E-state index contributed by atoms with van der Waals surface area (Å²) < 4.78 is 7.18. The van der Waals surface area contributed by atoms with Crippen molar-refractivity contribution in [3.05, 3.63) is 60.7 Å². The number of hydrogen-bond donors (Lipinski definition) is 1. The molecular formula is C19H14N6OS. The van der Waals surface area contributed by atoms with Gasteiger partial charge in [0, 0.05) is 5.56 Å². The van der Waals surface area contributed by atoms with Crippen molar-refractivity contribution in [2.45, 2.75) is 0 Å². The first-order valence-corrected chi connectivity index (χ1v) is 9.12. The molecule has 1 N–H and O–H groups in total. The molecule has 0 bridgehead atoms. The molecule has 0 saturated heterocycles. The van der Waals surface area contributed by atoms with Gasteiger partial charge < -0.3 is 4.74 Å². The molecule has 0 aliphatic rings. The lowest BCUT2D eigenvalue weighted by Crippen LogP contribution is -1.94. The first-order chi connectivity index (χ1) is 13.3. The van der Waals surface area contributed by atoms with Crippen molar-refractivity contribution in [3.63, 3.8) is 0 Å². The fraction of sp³-hybridized carbons (Fsp3) is 0.0526. The predicted molar refractivity (Wildman–Crippen MR) is 104 cm³/mol. The fourth-order valence-electron chi connectivity index (χ4n) is 2.91. The molecule has 5 aromatic rings. The fourth-order valence-corrected chi connectivity index (χ4v) is 3.72. The summed E-state index contributed by atoms with van der Waals surface area (Å²) in [6, 6.07) is 19.7. The zero-order chi connectivity index (χ0) is 18.2. The summed E-state index contributed by atoms with van der Waals surface area (Å²) in [6.45, 7) is 0. The molecule has 0 aliphatic carbocycles. The molecule has 0 aliphatic heterocycles. The highest BCUT2D eigenvalue weighted by molar-refractivity contribution is 7.19. The van der Waals surface area contributed by atoms with Gasteiger partial charge in [-0.05, 0) is 18.2 Å². The summed E-state index contributed by atoms with van der Waals surface area (Å²) >= 11 is 1.45. The number of nitrogens with zero attached hydrogens (tertiary/aromatic N) is 5. The molecule has 3 aromatic heterocycles. The Bertz CT molecular complexity index is 1220. The van der Waals surface area contributed by atoms with Gasteiger partial charge in [0.2, 0.25) is 4.96 Å². The number of benzene rings is 2. The zero-order valence-corrected chi connectivity index (χ0v) is 15.1. The smallest absolute Gasteiger partial charge is 0.235 e. The predicted octanol–water partition coefficient (Wildman–Crippen LogP) is 3.92. The monoisotopic (exact) mass is 374 g/mol. The van der Waals surface area contributed by atoms with E-state index in [2.05, 4.69) is 25.5 Å². The highest BCUT2D eigenvalue weighted by atomic mass is 32.1. The SMILES string of the molecule is COc1ccccc1-c1nnc2sc(-c3cc(-c4ccccc4)n[nH]3)nn12. The van der Waals surface area contributed by atoms with Crippen LogP contribution in [0.2, 0.25) is 0 Å². The van der Waals surface area contributed by atoms with E-state index in [9.17, 15) is 0 Å². The van der Waals surface area contributed by atoms with Crippen LogP contribution in [0.4, 0.5) is 0 Å². The van der Waals surface area contributed by atoms with Gasteiger partial charge in [-0.2, -0.15) is 14.7 Å². The molecule has 3 heterocycles. The number of ether oxygens (including phenoxy) is 1. The number of hydrogen-bond acceptors (Lipinski definition) is 6. The van der Waals surface area contributed by atoms with E-state index in [0.717, 1.165) is 33.3 Å². The van der Waals surface area contributed by atoms with Crippen LogP contribution in [-0.2, 0) is 0 Å². The van der Waals surface area contributed by atoms with Crippen molar-refractivity contribution in [2.75, 3.05) is 7.11 Å². The van der Waals surface area contributed by atoms with Crippen LogP contribution in [0, 0.1) is 0 Å². The third-order valence-electron chi connectivity index (χ3n) is 4.22. The lowest BCUT2D eigenvalue weighted by Gasteiger charge is -2.04. The van der Waals surface area contributed by atoms with Crippen molar-refractivity contribution in [1.29, 1.82) is 0 Å². The number of H-pyrrole nitrogens is 1. The van der Waals surface area contributed by atoms with E-state index < -0.39 is 0 Å². The van der Waals surface area contributed by atoms with Gasteiger partial charge in [0.25, 0.3) is 0 Å². The average Bonchev–Trinajstić information content (AvgIpc) is 3.44. The molecule has 0 saturated carbocycles. The minimum atomic E-state index is 0.646. The van der Waals surface area contributed by atoms with Gasteiger partial charge >= 0.3 is 0 Å². The van der Waals surface area contributed by atoms with Crippen molar-refractivity contribution >= 4 is 16.3 Å². The summed E-state index contributed by atoms with van der Waals surface area (Å²) in [4.78, 5) is 0.710. The van der Waals surface area contributed by atoms with Gasteiger partial charge in [-0.15, -0.1) is 10.2 Å². The number of nitrogens with one attached hydrogen (secondary N) is 1. The van der Waals surface area contributed by atoms with Crippen molar-refractivity contribution in [3.8, 4) is 39.1 Å². The molecule has 5 rings (SSSR count). The van der Waals surface area contributed by atoms with Crippen molar-refractivity contribution < 1.29 is 4.74 Å². The molecule has 0 radical (unpaired) electrons. The number of methoxy groups -OCH3 is 1. The van der Waals surface area contributed by atoms with E-state index in [1.54, 1.807) is 11.6 Å². The number of aromatic nitrogens is 6. The Balaban J connectivity index is 1.57. The van der Waals surface area contributed by atoms with E-state index in [-0.39, 0.29) is 0 Å². The van der Waals surface area contributed by atoms with Gasteiger partial charge in [0.15, 0.2) is 10.8 Å². The Kier molecular flexibility index (Phi) is 3.68. The van der Waals surface area contributed by atoms with E-state index in [4.69, 9.17) is 4.74 Å². The molecule has 2 aromatic carbocycles. The first-order valence-electron chi connectivity index (χ1n) is 8.30. The van der Waals surface area contributed by atoms with Crippen LogP contribution in [0.5, 0.6) is 5.75 Å². The summed E-state index contributed by atoms with van der Waals surface area (Å²) in [7, 11) is 1.64. The van der Waals surface area contributed by atoms with Crippen molar-refractivity contribution in [2.24, 2.45) is 0 Å². The van der Waals surface area contributed by atoms with E-state index >= 15 is 0 Å². The van der Waals surface area contributed by atoms with Crippen LogP contribution in [0.15, 0.2) is 60.7 Å². The number of para-hydroxylation sites is 1. The Morgan fingerprint density at radius 1 is 1.00 bits per heavy atom. The quantitative estimate of drug-likeness (QED) is 0.516. The van der Waals surface area contributed by atoms with E-state index in [0.29, 0.717) is 10.8 Å². The normalized spacial score (nSPS) is 11.1. The molecule has 0 unspecified atom stereocenters. The van der Waals surface area contributed by atoms with Gasteiger partial charge in [-0.3, -0.25) is 5.10 Å². The highest BCUT2D eigenvalue weighted by Gasteiger charge is 2.18. The van der Waals surface area contributed by atoms with Gasteiger partial charge in [0.05, 0.1) is 24.1 Å². The van der Waals surface area contributed by atoms with Crippen LogP contribution >= 0.6 is 11.3 Å². The Hall–Kier alpha value is -3.52. The minimum absolute atomic E-state index is 0.646. The summed E-state index contributed by atoms with van der Waals surface area (Å²) in [5.41, 5.74) is 3.62. The minimum Gasteiger partial charge on any atom is -0.496 e. The third-order valence-corrected chi connectivity index (χ3v) is 5.15. The zero-order valence-electron chi connectivity index (χ0n) is 14.3. The third kappa shape index (κ3) is 2.67. The van der Waals surface area contributed by atoms with Gasteiger partial charge in [0.1, 0.15) is 5.75 Å². The lowest BCUT2D eigenvalue weighted by molar-refractivity contribution is 0.416. The first kappa shape index (κ1) is 15.7. The molecule has 132 valence electrons. The second-order valence-corrected chi connectivity index (χ2v) is 6.81. The lowest BCUT2D eigenvalue weighted by atomic mass is 10.1. The number of aromatic amines is 1. The van der Waals surface area contributed by atoms with Gasteiger partial charge in [-0.25, -0.2) is 0 Å². The van der Waals surface area contributed by atoms with Crippen molar-refractivity contribution in [1.82, 2.24) is 30.0 Å². The van der Waals surface area contributed by atoms with Crippen LogP contribution < -0.4 is 4.74 Å². The molecule has 8 heteroatoms. The summed E-state index contributed by atoms with van der Waals surface area (Å²) in [5, 5.41) is 21.5. The topological polar surface area (TPSA) is 81.0 Å². The molecule has 0 spiro atoms. The maximum atomic E-state index is 5.44. The summed E-state index contributed by atoms with van der Waals surface area (Å²) in [5.74, 6) is 1.38. The highest BCUT2D eigenvalue weighted by Crippen LogP contribution is 2.32. The Labute approximate surface area is 158 Å². The van der Waals surface area contributed by atoms with Crippen LogP contribution in [-0.4, -0.2) is 37.1 Å². The van der Waals surface area contributed by atoms with Crippen LogP contribution in [0.1, 0.15) is 0 Å². The second kappa shape index (κ2) is 6.33. The molecule has 0 atom stereocenters. The summed E-state index contributed by atoms with van der Waals surface area (Å²) in [6.07, 6.45) is 0. The van der Waals surface area contributed by atoms with E-state index in [1.807, 2.05) is 60.7 Å². The van der Waals surface area contributed by atoms with Crippen LogP contribution in [0.3, 0.4) is 0 Å². The number of rotatable bonds is 4. The average molecular weight is 374 g/mol.